The molecule has 0 N–H and O–H groups in total. The molecule has 97 valence electrons. The van der Waals surface area contributed by atoms with Gasteiger partial charge in [0, 0.05) is 10.7 Å². The van der Waals surface area contributed by atoms with Crippen molar-refractivity contribution in [3.8, 4) is 0 Å². The number of benzene rings is 1. The zero-order valence-corrected chi connectivity index (χ0v) is 15.9. The van der Waals surface area contributed by atoms with E-state index < -0.39 is 0 Å². The van der Waals surface area contributed by atoms with Crippen molar-refractivity contribution >= 4 is 47.1 Å². The molecule has 0 unspecified atom stereocenters. The van der Waals surface area contributed by atoms with Gasteiger partial charge in [-0.15, -0.1) is 10.2 Å². The van der Waals surface area contributed by atoms with Crippen LogP contribution in [0.15, 0.2) is 63.4 Å². The minimum atomic E-state index is 0. The Morgan fingerprint density at radius 1 is 1.00 bits per heavy atom. The van der Waals surface area contributed by atoms with Gasteiger partial charge in [0.05, 0.1) is 5.69 Å². The molecule has 2 rings (SSSR count). The molecule has 0 radical (unpaired) electrons. The van der Waals surface area contributed by atoms with Crippen LogP contribution < -0.4 is 0 Å². The van der Waals surface area contributed by atoms with Crippen molar-refractivity contribution in [2.75, 3.05) is 0 Å². The van der Waals surface area contributed by atoms with Gasteiger partial charge in [0.2, 0.25) is 0 Å². The number of halogens is 2. The molecule has 0 saturated carbocycles. The summed E-state index contributed by atoms with van der Waals surface area (Å²) in [6.45, 7) is 0. The van der Waals surface area contributed by atoms with Gasteiger partial charge in [-0.05, 0) is 40.2 Å². The number of nitrogens with zero attached hydrogens (tertiary/aromatic N) is 3. The molecule has 3 nitrogen and oxygen atoms in total. The molecule has 0 aliphatic rings. The van der Waals surface area contributed by atoms with Gasteiger partial charge in [-0.2, -0.15) is 0 Å². The maximum atomic E-state index is 4.09. The molecule has 0 aliphatic carbocycles. The molecule has 0 atom stereocenters. The van der Waals surface area contributed by atoms with E-state index >= 15 is 0 Å². The number of azo groups is 1. The van der Waals surface area contributed by atoms with Crippen molar-refractivity contribution in [1.82, 2.24) is 4.98 Å². The molecule has 1 aromatic carbocycles. The first kappa shape index (κ1) is 17.8. The Morgan fingerprint density at radius 2 is 1.67 bits per heavy atom. The summed E-state index contributed by atoms with van der Waals surface area (Å²) in [5.41, 5.74) is 0.821. The van der Waals surface area contributed by atoms with Gasteiger partial charge >= 0.3 is 34.7 Å². The second-order valence-electron chi connectivity index (χ2n) is 2.87. The minimum absolute atomic E-state index is 0. The van der Waals surface area contributed by atoms with Crippen LogP contribution >= 0.6 is 35.6 Å². The molecule has 18 heavy (non-hydrogen) atoms. The summed E-state index contributed by atoms with van der Waals surface area (Å²) in [5, 5.41) is 8.06. The Labute approximate surface area is 137 Å². The number of hydrogen-bond acceptors (Lipinski definition) is 3. The number of hydrogen-bond donors (Lipinski definition) is 0. The standard InChI is InChI=1S/C11H8BrN3.CH3.HI.Os/c12-9-6-7-11(13-8-9)15-14-10-4-2-1-3-5-10;;;/h1-8H;1H3;1H;/q;-1;;+1/p-1. The predicted molar refractivity (Wildman–Crippen MR) is 83.0 cm³/mol. The van der Waals surface area contributed by atoms with Crippen molar-refractivity contribution in [1.29, 1.82) is 0 Å². The topological polar surface area (TPSA) is 37.6 Å². The van der Waals surface area contributed by atoms with E-state index in [1.54, 1.807) is 12.3 Å². The predicted octanol–water partition coefficient (Wildman–Crippen LogP) is 5.59. The van der Waals surface area contributed by atoms with Gasteiger partial charge in [-0.1, -0.05) is 18.2 Å². The SMILES string of the molecule is Brc1ccc(N=Nc2ccccc2)nc1.[CH3-].[I][Os]. The molecule has 0 saturated heterocycles. The third-order valence-corrected chi connectivity index (χ3v) is 2.20. The van der Waals surface area contributed by atoms with Gasteiger partial charge in [0.25, 0.3) is 0 Å². The molecule has 2 aromatic rings. The van der Waals surface area contributed by atoms with Crippen LogP contribution in [-0.2, 0) is 15.1 Å². The zero-order chi connectivity index (χ0) is 12.5. The van der Waals surface area contributed by atoms with Crippen LogP contribution in [0.2, 0.25) is 0 Å². The zero-order valence-electron chi connectivity index (χ0n) is 9.57. The molecular weight excluding hydrogens is 583 g/mol. The van der Waals surface area contributed by atoms with Gasteiger partial charge in [-0.25, -0.2) is 4.98 Å². The molecule has 0 fully saturated rings. The van der Waals surface area contributed by atoms with Crippen LogP contribution in [0.3, 0.4) is 0 Å². The van der Waals surface area contributed by atoms with E-state index in [0.717, 1.165) is 10.2 Å². The third kappa shape index (κ3) is 6.67. The normalized spacial score (nSPS) is 9.28. The van der Waals surface area contributed by atoms with Crippen molar-refractivity contribution in [2.45, 2.75) is 0 Å². The van der Waals surface area contributed by atoms with E-state index in [1.165, 1.54) is 0 Å². The molecule has 0 bridgehead atoms. The Kier molecular flexibility index (Phi) is 10.6. The molecule has 0 spiro atoms. The summed E-state index contributed by atoms with van der Waals surface area (Å²) >= 11 is 7.32. The molecule has 0 aliphatic heterocycles. The van der Waals surface area contributed by atoms with Gasteiger partial charge < -0.3 is 7.43 Å². The van der Waals surface area contributed by atoms with Gasteiger partial charge in [-0.3, -0.25) is 0 Å². The van der Waals surface area contributed by atoms with Crippen molar-refractivity contribution < 1.29 is 15.1 Å². The van der Waals surface area contributed by atoms with Crippen LogP contribution in [-0.4, -0.2) is 4.98 Å². The summed E-state index contributed by atoms with van der Waals surface area (Å²) in [4.78, 5) is 4.09. The summed E-state index contributed by atoms with van der Waals surface area (Å²) < 4.78 is 0.932. The monoisotopic (exact) mass is 595 g/mol. The average molecular weight is 594 g/mol. The van der Waals surface area contributed by atoms with Gasteiger partial charge in [0.1, 0.15) is 0 Å². The first-order chi connectivity index (χ1) is 8.34. The fraction of sp³-hybridized carbons (Fsp3) is 0. The Balaban J connectivity index is 0.000000917. The van der Waals surface area contributed by atoms with E-state index in [2.05, 4.69) is 50.8 Å². The van der Waals surface area contributed by atoms with E-state index in [9.17, 15) is 0 Å². The van der Waals surface area contributed by atoms with E-state index in [0.29, 0.717) is 5.82 Å². The first-order valence-corrected chi connectivity index (χ1v) is 12.6. The van der Waals surface area contributed by atoms with Crippen molar-refractivity contribution in [2.24, 2.45) is 10.2 Å². The average Bonchev–Trinajstić information content (AvgIpc) is 2.42. The summed E-state index contributed by atoms with van der Waals surface area (Å²) in [7, 11) is 0. The second-order valence-corrected chi connectivity index (χ2v) is 3.79. The Morgan fingerprint density at radius 3 is 2.22 bits per heavy atom. The first-order valence-electron chi connectivity index (χ1n) is 4.56. The van der Waals surface area contributed by atoms with Crippen LogP contribution in [0, 0.1) is 7.43 Å². The third-order valence-electron chi connectivity index (χ3n) is 1.74. The molecule has 1 aromatic heterocycles. The van der Waals surface area contributed by atoms with E-state index in [-0.39, 0.29) is 7.43 Å². The fourth-order valence-electron chi connectivity index (χ4n) is 1.03. The van der Waals surface area contributed by atoms with Crippen molar-refractivity contribution in [3.63, 3.8) is 0 Å². The number of pyridine rings is 1. The number of rotatable bonds is 2. The van der Waals surface area contributed by atoms with Crippen LogP contribution in [0.4, 0.5) is 11.5 Å². The van der Waals surface area contributed by atoms with Crippen LogP contribution in [0.25, 0.3) is 0 Å². The summed E-state index contributed by atoms with van der Waals surface area (Å²) in [5.74, 6) is 0.599. The van der Waals surface area contributed by atoms with Crippen molar-refractivity contribution in [3.05, 3.63) is 60.6 Å². The second kappa shape index (κ2) is 10.7. The molecule has 1 heterocycles. The summed E-state index contributed by atoms with van der Waals surface area (Å²) in [6.07, 6.45) is 1.69. The van der Waals surface area contributed by atoms with Crippen LogP contribution in [0.1, 0.15) is 0 Å². The Bertz CT molecular complexity index is 463. The molecule has 0 amide bonds. The Hall–Kier alpha value is -0.184. The maximum absolute atomic E-state index is 4.09. The molecular formula is C12H11BrIN3Os-. The quantitative estimate of drug-likeness (QED) is 0.254. The number of aromatic nitrogens is 1. The summed E-state index contributed by atoms with van der Waals surface area (Å²) in [6, 6.07) is 13.2. The van der Waals surface area contributed by atoms with E-state index in [4.69, 9.17) is 0 Å². The fourth-order valence-corrected chi connectivity index (χ4v) is 1.27. The van der Waals surface area contributed by atoms with Gasteiger partial charge in [0.15, 0.2) is 5.82 Å². The van der Waals surface area contributed by atoms with E-state index in [1.807, 2.05) is 51.5 Å². The molecule has 6 heteroatoms. The van der Waals surface area contributed by atoms with Crippen LogP contribution in [0.5, 0.6) is 0 Å².